The zero-order chi connectivity index (χ0) is 15.4. The molecule has 0 radical (unpaired) electrons. The van der Waals surface area contributed by atoms with E-state index in [4.69, 9.17) is 0 Å². The van der Waals surface area contributed by atoms with Crippen LogP contribution in [0.4, 0.5) is 17.5 Å². The van der Waals surface area contributed by atoms with E-state index in [0.29, 0.717) is 0 Å². The average Bonchev–Trinajstić information content (AvgIpc) is 2.80. The summed E-state index contributed by atoms with van der Waals surface area (Å²) in [7, 11) is 0. The van der Waals surface area contributed by atoms with Gasteiger partial charge in [0.15, 0.2) is 0 Å². The van der Waals surface area contributed by atoms with Crippen molar-refractivity contribution in [1.29, 1.82) is 0 Å². The van der Waals surface area contributed by atoms with Gasteiger partial charge in [0.2, 0.25) is 5.95 Å². The van der Waals surface area contributed by atoms with Crippen molar-refractivity contribution in [3.05, 3.63) is 40.5 Å². The van der Waals surface area contributed by atoms with Crippen LogP contribution in [0.3, 0.4) is 0 Å². The highest BCUT2D eigenvalue weighted by Gasteiger charge is 2.13. The minimum atomic E-state index is 0.829. The first-order chi connectivity index (χ1) is 10.7. The maximum Gasteiger partial charge on any atom is 0.227 e. The summed E-state index contributed by atoms with van der Waals surface area (Å²) in [6.45, 7) is 4.19. The molecule has 116 valence electrons. The lowest BCUT2D eigenvalue weighted by Gasteiger charge is -2.20. The molecule has 0 aliphatic carbocycles. The number of halogens is 1. The van der Waals surface area contributed by atoms with Crippen LogP contribution < -0.4 is 10.2 Å². The molecule has 0 spiro atoms. The largest absolute Gasteiger partial charge is 0.341 e. The molecule has 0 amide bonds. The minimum absolute atomic E-state index is 0.829. The van der Waals surface area contributed by atoms with Gasteiger partial charge in [0.25, 0.3) is 0 Å². The number of anilines is 3. The molecule has 1 saturated heterocycles. The lowest BCUT2D eigenvalue weighted by Crippen LogP contribution is -2.26. The van der Waals surface area contributed by atoms with Crippen LogP contribution in [0, 0.1) is 6.92 Å². The summed E-state index contributed by atoms with van der Waals surface area (Å²) in [6, 6.07) is 8.16. The molecule has 1 N–H and O–H groups in total. The Labute approximate surface area is 140 Å². The highest BCUT2D eigenvalue weighted by atomic mass is 79.9. The zero-order valence-electron chi connectivity index (χ0n) is 12.8. The van der Waals surface area contributed by atoms with E-state index in [9.17, 15) is 0 Å². The van der Waals surface area contributed by atoms with Crippen LogP contribution in [-0.2, 0) is 0 Å². The fourth-order valence-corrected chi connectivity index (χ4v) is 3.29. The number of nitrogens with one attached hydrogen (secondary N) is 1. The van der Waals surface area contributed by atoms with E-state index in [1.807, 2.05) is 12.3 Å². The number of benzene rings is 1. The summed E-state index contributed by atoms with van der Waals surface area (Å²) in [5, 5.41) is 3.37. The third-order valence-corrected chi connectivity index (χ3v) is 4.58. The summed E-state index contributed by atoms with van der Waals surface area (Å²) >= 11 is 3.59. The first-order valence-electron chi connectivity index (χ1n) is 7.83. The van der Waals surface area contributed by atoms with Crippen molar-refractivity contribution in [3.63, 3.8) is 0 Å². The molecule has 1 aromatic carbocycles. The standard InChI is InChI=1S/C17H21BrN4/c1-13-6-7-15(14(18)12-13)20-16-8-9-19-17(21-16)22-10-4-2-3-5-11-22/h6-9,12H,2-5,10-11H2,1H3,(H,19,20,21). The van der Waals surface area contributed by atoms with Crippen molar-refractivity contribution >= 4 is 33.4 Å². The molecule has 3 rings (SSSR count). The van der Waals surface area contributed by atoms with Gasteiger partial charge in [-0.1, -0.05) is 18.9 Å². The molecule has 2 aromatic rings. The first-order valence-corrected chi connectivity index (χ1v) is 8.63. The molecule has 1 aliphatic heterocycles. The van der Waals surface area contributed by atoms with Gasteiger partial charge in [-0.05, 0) is 59.5 Å². The van der Waals surface area contributed by atoms with E-state index in [2.05, 4.69) is 61.2 Å². The van der Waals surface area contributed by atoms with Crippen molar-refractivity contribution in [2.75, 3.05) is 23.3 Å². The van der Waals surface area contributed by atoms with Crippen molar-refractivity contribution in [3.8, 4) is 0 Å². The summed E-state index contributed by atoms with van der Waals surface area (Å²) in [5.41, 5.74) is 2.25. The van der Waals surface area contributed by atoms with Gasteiger partial charge in [0, 0.05) is 23.8 Å². The Morgan fingerprint density at radius 2 is 1.86 bits per heavy atom. The first kappa shape index (κ1) is 15.3. The molecule has 1 fully saturated rings. The highest BCUT2D eigenvalue weighted by molar-refractivity contribution is 9.10. The Hall–Kier alpha value is -1.62. The maximum absolute atomic E-state index is 4.68. The van der Waals surface area contributed by atoms with Gasteiger partial charge in [-0.2, -0.15) is 4.98 Å². The predicted molar refractivity (Wildman–Crippen MR) is 94.9 cm³/mol. The topological polar surface area (TPSA) is 41.1 Å². The quantitative estimate of drug-likeness (QED) is 0.863. The monoisotopic (exact) mass is 360 g/mol. The SMILES string of the molecule is Cc1ccc(Nc2ccnc(N3CCCCCC3)n2)c(Br)c1. The molecule has 4 nitrogen and oxygen atoms in total. The minimum Gasteiger partial charge on any atom is -0.341 e. The van der Waals surface area contributed by atoms with E-state index < -0.39 is 0 Å². The molecular formula is C17H21BrN4. The fourth-order valence-electron chi connectivity index (χ4n) is 2.70. The third-order valence-electron chi connectivity index (χ3n) is 3.92. The molecule has 22 heavy (non-hydrogen) atoms. The second-order valence-electron chi connectivity index (χ2n) is 5.75. The molecule has 5 heteroatoms. The van der Waals surface area contributed by atoms with Gasteiger partial charge in [0.1, 0.15) is 5.82 Å². The molecule has 0 saturated carbocycles. The number of hydrogen-bond donors (Lipinski definition) is 1. The van der Waals surface area contributed by atoms with E-state index in [-0.39, 0.29) is 0 Å². The summed E-state index contributed by atoms with van der Waals surface area (Å²) in [4.78, 5) is 11.4. The Balaban J connectivity index is 1.78. The van der Waals surface area contributed by atoms with E-state index in [0.717, 1.165) is 35.0 Å². The van der Waals surface area contributed by atoms with Crippen molar-refractivity contribution in [2.24, 2.45) is 0 Å². The number of hydrogen-bond acceptors (Lipinski definition) is 4. The average molecular weight is 361 g/mol. The van der Waals surface area contributed by atoms with Crippen LogP contribution >= 0.6 is 15.9 Å². The van der Waals surface area contributed by atoms with Crippen LogP contribution in [0.1, 0.15) is 31.2 Å². The van der Waals surface area contributed by atoms with Gasteiger partial charge >= 0.3 is 0 Å². The van der Waals surface area contributed by atoms with E-state index >= 15 is 0 Å². The van der Waals surface area contributed by atoms with E-state index in [1.54, 1.807) is 0 Å². The smallest absolute Gasteiger partial charge is 0.227 e. The predicted octanol–water partition coefficient (Wildman–Crippen LogP) is 4.67. The van der Waals surface area contributed by atoms with E-state index in [1.165, 1.54) is 31.2 Å². The second kappa shape index (κ2) is 7.09. The van der Waals surface area contributed by atoms with Crippen molar-refractivity contribution in [1.82, 2.24) is 9.97 Å². The van der Waals surface area contributed by atoms with Gasteiger partial charge < -0.3 is 10.2 Å². The molecule has 0 unspecified atom stereocenters. The number of aryl methyl sites for hydroxylation is 1. The van der Waals surface area contributed by atoms with Crippen LogP contribution in [-0.4, -0.2) is 23.1 Å². The number of rotatable bonds is 3. The number of nitrogens with zero attached hydrogens (tertiary/aromatic N) is 3. The van der Waals surface area contributed by atoms with Gasteiger partial charge in [-0.15, -0.1) is 0 Å². The zero-order valence-corrected chi connectivity index (χ0v) is 14.4. The molecule has 0 bridgehead atoms. The molecule has 2 heterocycles. The third kappa shape index (κ3) is 3.77. The van der Waals surface area contributed by atoms with Gasteiger partial charge in [0.05, 0.1) is 5.69 Å². The molecule has 1 aliphatic rings. The lowest BCUT2D eigenvalue weighted by molar-refractivity contribution is 0.726. The number of aromatic nitrogens is 2. The Bertz CT molecular complexity index is 636. The summed E-state index contributed by atoms with van der Waals surface area (Å²) < 4.78 is 1.04. The lowest BCUT2D eigenvalue weighted by atomic mass is 10.2. The molecular weight excluding hydrogens is 340 g/mol. The molecule has 1 aromatic heterocycles. The Morgan fingerprint density at radius 1 is 1.09 bits per heavy atom. The Kier molecular flexibility index (Phi) is 4.93. The highest BCUT2D eigenvalue weighted by Crippen LogP contribution is 2.26. The van der Waals surface area contributed by atoms with Gasteiger partial charge in [-0.25, -0.2) is 4.98 Å². The van der Waals surface area contributed by atoms with Crippen molar-refractivity contribution in [2.45, 2.75) is 32.6 Å². The molecule has 0 atom stereocenters. The second-order valence-corrected chi connectivity index (χ2v) is 6.61. The normalized spacial score (nSPS) is 15.5. The van der Waals surface area contributed by atoms with Crippen LogP contribution in [0.15, 0.2) is 34.9 Å². The van der Waals surface area contributed by atoms with Crippen LogP contribution in [0.5, 0.6) is 0 Å². The van der Waals surface area contributed by atoms with Crippen LogP contribution in [0.25, 0.3) is 0 Å². The summed E-state index contributed by atoms with van der Waals surface area (Å²) in [6.07, 6.45) is 6.90. The summed E-state index contributed by atoms with van der Waals surface area (Å²) in [5.74, 6) is 1.66. The Morgan fingerprint density at radius 3 is 2.59 bits per heavy atom. The maximum atomic E-state index is 4.68. The fraction of sp³-hybridized carbons (Fsp3) is 0.412. The van der Waals surface area contributed by atoms with Gasteiger partial charge in [-0.3, -0.25) is 0 Å². The van der Waals surface area contributed by atoms with Crippen LogP contribution in [0.2, 0.25) is 0 Å². The van der Waals surface area contributed by atoms with Crippen molar-refractivity contribution < 1.29 is 0 Å².